The molecule has 2 N–H and O–H groups in total. The van der Waals surface area contributed by atoms with Crippen molar-refractivity contribution >= 4 is 5.91 Å². The Morgan fingerprint density at radius 1 is 1.35 bits per heavy atom. The molecule has 1 amide bonds. The molecule has 1 heterocycles. The third kappa shape index (κ3) is 2.92. The molecule has 2 aromatic rings. The molecule has 1 atom stereocenters. The van der Waals surface area contributed by atoms with E-state index < -0.39 is 12.0 Å². The molecule has 5 heteroatoms. The molecule has 1 aromatic heterocycles. The van der Waals surface area contributed by atoms with Gasteiger partial charge in [0.1, 0.15) is 0 Å². The molecular formula is C12H12N2O3. The third-order valence-corrected chi connectivity index (χ3v) is 2.30. The second kappa shape index (κ2) is 5.27. The molecule has 0 aliphatic carbocycles. The SMILES string of the molecule is O=C(NCC(O)c1ccccc1)c1ccno1. The Bertz CT molecular complexity index is 468. The van der Waals surface area contributed by atoms with E-state index in [4.69, 9.17) is 0 Å². The Morgan fingerprint density at radius 3 is 2.76 bits per heavy atom. The van der Waals surface area contributed by atoms with E-state index in [0.29, 0.717) is 0 Å². The minimum atomic E-state index is -0.733. The van der Waals surface area contributed by atoms with Crippen molar-refractivity contribution in [3.8, 4) is 0 Å². The molecule has 0 fully saturated rings. The van der Waals surface area contributed by atoms with E-state index in [-0.39, 0.29) is 12.3 Å². The summed E-state index contributed by atoms with van der Waals surface area (Å²) < 4.78 is 4.69. The van der Waals surface area contributed by atoms with E-state index >= 15 is 0 Å². The van der Waals surface area contributed by atoms with E-state index in [9.17, 15) is 9.90 Å². The van der Waals surface area contributed by atoms with E-state index in [0.717, 1.165) is 5.56 Å². The van der Waals surface area contributed by atoms with E-state index in [1.165, 1.54) is 12.3 Å². The van der Waals surface area contributed by atoms with Crippen LogP contribution in [-0.2, 0) is 0 Å². The molecule has 1 aromatic carbocycles. The summed E-state index contributed by atoms with van der Waals surface area (Å²) in [6.45, 7) is 0.129. The first-order valence-electron chi connectivity index (χ1n) is 5.19. The quantitative estimate of drug-likeness (QED) is 0.828. The number of nitrogens with zero attached hydrogens (tertiary/aromatic N) is 1. The summed E-state index contributed by atoms with van der Waals surface area (Å²) in [4.78, 5) is 11.5. The van der Waals surface area contributed by atoms with Crippen molar-refractivity contribution in [2.75, 3.05) is 6.54 Å². The summed E-state index contributed by atoms with van der Waals surface area (Å²) in [5, 5.41) is 15.8. The number of carbonyl (C=O) groups excluding carboxylic acids is 1. The van der Waals surface area contributed by atoms with Crippen LogP contribution in [0.25, 0.3) is 0 Å². The minimum absolute atomic E-state index is 0.129. The van der Waals surface area contributed by atoms with Gasteiger partial charge in [-0.1, -0.05) is 35.5 Å². The number of benzene rings is 1. The fourth-order valence-electron chi connectivity index (χ4n) is 1.40. The van der Waals surface area contributed by atoms with Gasteiger partial charge < -0.3 is 14.9 Å². The minimum Gasteiger partial charge on any atom is -0.387 e. The normalized spacial score (nSPS) is 12.1. The Kier molecular flexibility index (Phi) is 3.52. The number of hydrogen-bond acceptors (Lipinski definition) is 4. The summed E-state index contributed by atoms with van der Waals surface area (Å²) in [5.74, 6) is -0.261. The van der Waals surface area contributed by atoms with E-state index in [1.54, 1.807) is 12.1 Å². The molecule has 0 bridgehead atoms. The molecule has 0 radical (unpaired) electrons. The van der Waals surface area contributed by atoms with Crippen LogP contribution in [0.4, 0.5) is 0 Å². The van der Waals surface area contributed by atoms with Crippen molar-refractivity contribution in [1.82, 2.24) is 10.5 Å². The number of rotatable bonds is 4. The maximum atomic E-state index is 11.5. The van der Waals surface area contributed by atoms with Crippen LogP contribution in [-0.4, -0.2) is 22.7 Å². The number of nitrogens with one attached hydrogen (secondary N) is 1. The lowest BCUT2D eigenvalue weighted by atomic mass is 10.1. The van der Waals surface area contributed by atoms with Gasteiger partial charge in [-0.2, -0.15) is 0 Å². The van der Waals surface area contributed by atoms with E-state index in [2.05, 4.69) is 15.0 Å². The van der Waals surface area contributed by atoms with Gasteiger partial charge in [0, 0.05) is 12.6 Å². The van der Waals surface area contributed by atoms with Gasteiger partial charge in [-0.3, -0.25) is 4.79 Å². The Labute approximate surface area is 98.1 Å². The molecule has 88 valence electrons. The van der Waals surface area contributed by atoms with Gasteiger partial charge in [0.15, 0.2) is 0 Å². The smallest absolute Gasteiger partial charge is 0.289 e. The fourth-order valence-corrected chi connectivity index (χ4v) is 1.40. The van der Waals surface area contributed by atoms with Crippen LogP contribution in [0, 0.1) is 0 Å². The zero-order chi connectivity index (χ0) is 12.1. The number of aliphatic hydroxyl groups is 1. The highest BCUT2D eigenvalue weighted by Gasteiger charge is 2.12. The highest BCUT2D eigenvalue weighted by Crippen LogP contribution is 2.10. The van der Waals surface area contributed by atoms with Crippen molar-refractivity contribution < 1.29 is 14.4 Å². The first-order valence-corrected chi connectivity index (χ1v) is 5.19. The number of carbonyl (C=O) groups is 1. The molecule has 0 saturated heterocycles. The van der Waals surface area contributed by atoms with Gasteiger partial charge in [0.05, 0.1) is 12.3 Å². The van der Waals surface area contributed by atoms with Crippen LogP contribution in [0.15, 0.2) is 47.1 Å². The van der Waals surface area contributed by atoms with Crippen LogP contribution in [0.3, 0.4) is 0 Å². The van der Waals surface area contributed by atoms with Crippen molar-refractivity contribution in [3.05, 3.63) is 53.9 Å². The van der Waals surface area contributed by atoms with Crippen LogP contribution >= 0.6 is 0 Å². The highest BCUT2D eigenvalue weighted by molar-refractivity contribution is 5.91. The summed E-state index contributed by atoms with van der Waals surface area (Å²) in [6.07, 6.45) is 0.658. The summed E-state index contributed by atoms with van der Waals surface area (Å²) in [7, 11) is 0. The number of aromatic nitrogens is 1. The summed E-state index contributed by atoms with van der Waals surface area (Å²) in [6, 6.07) is 10.6. The summed E-state index contributed by atoms with van der Waals surface area (Å²) in [5.41, 5.74) is 0.755. The average Bonchev–Trinajstić information content (AvgIpc) is 2.90. The molecule has 0 saturated carbocycles. The fraction of sp³-hybridized carbons (Fsp3) is 0.167. The Hall–Kier alpha value is -2.14. The maximum Gasteiger partial charge on any atom is 0.289 e. The van der Waals surface area contributed by atoms with Crippen LogP contribution in [0.5, 0.6) is 0 Å². The zero-order valence-corrected chi connectivity index (χ0v) is 9.04. The van der Waals surface area contributed by atoms with Crippen LogP contribution in [0.2, 0.25) is 0 Å². The van der Waals surface area contributed by atoms with Crippen molar-refractivity contribution in [2.45, 2.75) is 6.10 Å². The predicted molar refractivity (Wildman–Crippen MR) is 60.2 cm³/mol. The number of aliphatic hydroxyl groups excluding tert-OH is 1. The largest absolute Gasteiger partial charge is 0.387 e. The predicted octanol–water partition coefficient (Wildman–Crippen LogP) is 1.14. The highest BCUT2D eigenvalue weighted by atomic mass is 16.5. The Balaban J connectivity index is 1.89. The van der Waals surface area contributed by atoms with Gasteiger partial charge in [0.2, 0.25) is 5.76 Å². The standard InChI is InChI=1S/C12H12N2O3/c15-10(9-4-2-1-3-5-9)8-13-12(16)11-6-7-14-17-11/h1-7,10,15H,8H2,(H,13,16). The molecule has 0 spiro atoms. The lowest BCUT2D eigenvalue weighted by Gasteiger charge is -2.10. The molecule has 0 aliphatic rings. The maximum absolute atomic E-state index is 11.5. The number of hydrogen-bond donors (Lipinski definition) is 2. The Morgan fingerprint density at radius 2 is 2.12 bits per heavy atom. The van der Waals surface area contributed by atoms with Crippen molar-refractivity contribution in [2.24, 2.45) is 0 Å². The lowest BCUT2D eigenvalue weighted by molar-refractivity contribution is 0.0880. The lowest BCUT2D eigenvalue weighted by Crippen LogP contribution is -2.28. The van der Waals surface area contributed by atoms with Gasteiger partial charge in [-0.25, -0.2) is 0 Å². The van der Waals surface area contributed by atoms with Gasteiger partial charge in [-0.15, -0.1) is 0 Å². The molecule has 5 nitrogen and oxygen atoms in total. The first-order chi connectivity index (χ1) is 8.27. The van der Waals surface area contributed by atoms with Crippen LogP contribution < -0.4 is 5.32 Å². The molecule has 1 unspecified atom stereocenters. The van der Waals surface area contributed by atoms with Crippen molar-refractivity contribution in [1.29, 1.82) is 0 Å². The number of amides is 1. The third-order valence-electron chi connectivity index (χ3n) is 2.30. The summed E-state index contributed by atoms with van der Waals surface area (Å²) >= 11 is 0. The monoisotopic (exact) mass is 232 g/mol. The second-order valence-electron chi connectivity index (χ2n) is 3.51. The first kappa shape index (κ1) is 11.3. The van der Waals surface area contributed by atoms with E-state index in [1.807, 2.05) is 18.2 Å². The molecule has 0 aliphatic heterocycles. The van der Waals surface area contributed by atoms with Crippen molar-refractivity contribution in [3.63, 3.8) is 0 Å². The molecule has 17 heavy (non-hydrogen) atoms. The molecule has 2 rings (SSSR count). The van der Waals surface area contributed by atoms with Gasteiger partial charge in [-0.05, 0) is 5.56 Å². The zero-order valence-electron chi connectivity index (χ0n) is 9.04. The van der Waals surface area contributed by atoms with Gasteiger partial charge in [0.25, 0.3) is 5.91 Å². The van der Waals surface area contributed by atoms with Crippen LogP contribution in [0.1, 0.15) is 22.2 Å². The molecular weight excluding hydrogens is 220 g/mol. The average molecular weight is 232 g/mol. The van der Waals surface area contributed by atoms with Gasteiger partial charge >= 0.3 is 0 Å². The topological polar surface area (TPSA) is 75.4 Å². The second-order valence-corrected chi connectivity index (χ2v) is 3.51.